The molecule has 1 aromatic carbocycles. The van der Waals surface area contributed by atoms with E-state index in [0.29, 0.717) is 6.04 Å². The van der Waals surface area contributed by atoms with E-state index in [2.05, 4.69) is 42.1 Å². The number of hydrogen-bond acceptors (Lipinski definition) is 2. The summed E-state index contributed by atoms with van der Waals surface area (Å²) in [6.45, 7) is 7.01. The Balaban J connectivity index is 1.88. The summed E-state index contributed by atoms with van der Waals surface area (Å²) in [7, 11) is 1.79. The van der Waals surface area contributed by atoms with Crippen molar-refractivity contribution in [3.8, 4) is 5.75 Å². The fourth-order valence-electron chi connectivity index (χ4n) is 3.93. The van der Waals surface area contributed by atoms with Gasteiger partial charge in [-0.05, 0) is 56.5 Å². The van der Waals surface area contributed by atoms with Crippen LogP contribution in [0.3, 0.4) is 0 Å². The number of ether oxygens (including phenoxy) is 1. The Morgan fingerprint density at radius 2 is 1.87 bits per heavy atom. The lowest BCUT2D eigenvalue weighted by atomic mass is 9.87. The predicted molar refractivity (Wildman–Crippen MR) is 97.4 cm³/mol. The van der Waals surface area contributed by atoms with Crippen molar-refractivity contribution in [3.05, 3.63) is 29.5 Å². The highest BCUT2D eigenvalue weighted by molar-refractivity contribution is 5.89. The maximum Gasteiger partial charge on any atom is 0.122 e. The van der Waals surface area contributed by atoms with Crippen molar-refractivity contribution in [2.45, 2.75) is 58.4 Å². The van der Waals surface area contributed by atoms with Gasteiger partial charge in [-0.25, -0.2) is 0 Å². The van der Waals surface area contributed by atoms with E-state index in [1.54, 1.807) is 7.11 Å². The Labute approximate surface area is 140 Å². The topological polar surface area (TPSA) is 28.3 Å². The molecule has 0 saturated carbocycles. The highest BCUT2D eigenvalue weighted by Crippen LogP contribution is 2.37. The van der Waals surface area contributed by atoms with Gasteiger partial charge in [0.25, 0.3) is 0 Å². The summed E-state index contributed by atoms with van der Waals surface area (Å²) >= 11 is 0. The standard InChI is InChI=1S/C20H30N2O/c1-4-6-10-22(11-7-5-2)16-12-15-14-21-18-8-9-19(23-3)17(13-16)20(15)18/h8-9,14,16,21H,4-7,10-13H2,1-3H3. The van der Waals surface area contributed by atoms with Crippen LogP contribution in [0, 0.1) is 0 Å². The molecule has 0 amide bonds. The Morgan fingerprint density at radius 1 is 1.13 bits per heavy atom. The van der Waals surface area contributed by atoms with Gasteiger partial charge in [-0.15, -0.1) is 0 Å². The summed E-state index contributed by atoms with van der Waals surface area (Å²) in [4.78, 5) is 6.17. The molecule has 1 aromatic heterocycles. The first-order chi connectivity index (χ1) is 11.3. The van der Waals surface area contributed by atoms with Crippen molar-refractivity contribution in [3.63, 3.8) is 0 Å². The van der Waals surface area contributed by atoms with Crippen LogP contribution < -0.4 is 4.74 Å². The Kier molecular flexibility index (Phi) is 5.27. The number of H-pyrrole nitrogens is 1. The van der Waals surface area contributed by atoms with E-state index in [1.807, 2.05) is 0 Å². The number of benzene rings is 1. The fraction of sp³-hybridized carbons (Fsp3) is 0.600. The summed E-state index contributed by atoms with van der Waals surface area (Å²) in [6, 6.07) is 4.87. The van der Waals surface area contributed by atoms with Crippen LogP contribution in [0.5, 0.6) is 5.75 Å². The first kappa shape index (κ1) is 16.4. The van der Waals surface area contributed by atoms with E-state index < -0.39 is 0 Å². The molecule has 1 atom stereocenters. The normalized spacial score (nSPS) is 17.1. The van der Waals surface area contributed by atoms with E-state index in [0.717, 1.165) is 18.6 Å². The molecule has 0 bridgehead atoms. The second kappa shape index (κ2) is 7.39. The number of aromatic nitrogens is 1. The minimum atomic E-state index is 0.607. The molecule has 1 aliphatic rings. The fourth-order valence-corrected chi connectivity index (χ4v) is 3.93. The summed E-state index contributed by atoms with van der Waals surface area (Å²) in [5, 5.41) is 1.41. The molecule has 1 heterocycles. The minimum absolute atomic E-state index is 0.607. The SMILES string of the molecule is CCCCN(CCCC)C1Cc2c[nH]c3ccc(OC)c(c23)C1. The predicted octanol–water partition coefficient (Wildman–Crippen LogP) is 4.55. The van der Waals surface area contributed by atoms with Gasteiger partial charge in [-0.3, -0.25) is 4.90 Å². The highest BCUT2D eigenvalue weighted by atomic mass is 16.5. The molecule has 0 aliphatic heterocycles. The van der Waals surface area contributed by atoms with Crippen molar-refractivity contribution in [1.82, 2.24) is 9.88 Å². The lowest BCUT2D eigenvalue weighted by Crippen LogP contribution is -2.41. The third-order valence-electron chi connectivity index (χ3n) is 5.22. The van der Waals surface area contributed by atoms with Crippen LogP contribution >= 0.6 is 0 Å². The van der Waals surface area contributed by atoms with Gasteiger partial charge < -0.3 is 9.72 Å². The molecule has 0 radical (unpaired) electrons. The maximum absolute atomic E-state index is 5.66. The Morgan fingerprint density at radius 3 is 2.52 bits per heavy atom. The van der Waals surface area contributed by atoms with E-state index in [9.17, 15) is 0 Å². The average molecular weight is 314 g/mol. The van der Waals surface area contributed by atoms with Crippen LogP contribution in [0.1, 0.15) is 50.7 Å². The molecule has 0 spiro atoms. The van der Waals surface area contributed by atoms with Crippen LogP contribution in [0.4, 0.5) is 0 Å². The number of unbranched alkanes of at least 4 members (excludes halogenated alkanes) is 2. The molecular weight excluding hydrogens is 284 g/mol. The van der Waals surface area contributed by atoms with Crippen LogP contribution in [-0.4, -0.2) is 36.1 Å². The van der Waals surface area contributed by atoms with Crippen molar-refractivity contribution < 1.29 is 4.74 Å². The van der Waals surface area contributed by atoms with E-state index >= 15 is 0 Å². The summed E-state index contributed by atoms with van der Waals surface area (Å²) < 4.78 is 5.66. The molecule has 23 heavy (non-hydrogen) atoms. The largest absolute Gasteiger partial charge is 0.496 e. The van der Waals surface area contributed by atoms with Gasteiger partial charge >= 0.3 is 0 Å². The zero-order chi connectivity index (χ0) is 16.2. The summed E-state index contributed by atoms with van der Waals surface area (Å²) in [5.74, 6) is 1.05. The van der Waals surface area contributed by atoms with E-state index in [4.69, 9.17) is 4.74 Å². The van der Waals surface area contributed by atoms with Crippen LogP contribution in [-0.2, 0) is 12.8 Å². The van der Waals surface area contributed by atoms with Gasteiger partial charge in [-0.2, -0.15) is 0 Å². The highest BCUT2D eigenvalue weighted by Gasteiger charge is 2.28. The third kappa shape index (κ3) is 3.25. The van der Waals surface area contributed by atoms with Gasteiger partial charge in [0.05, 0.1) is 7.11 Å². The molecule has 2 aromatic rings. The number of nitrogens with zero attached hydrogens (tertiary/aromatic N) is 1. The molecule has 1 unspecified atom stereocenters. The van der Waals surface area contributed by atoms with Gasteiger partial charge in [0.15, 0.2) is 0 Å². The van der Waals surface area contributed by atoms with Crippen LogP contribution in [0.25, 0.3) is 10.9 Å². The van der Waals surface area contributed by atoms with Gasteiger partial charge in [-0.1, -0.05) is 26.7 Å². The monoisotopic (exact) mass is 314 g/mol. The number of nitrogens with one attached hydrogen (secondary N) is 1. The lowest BCUT2D eigenvalue weighted by Gasteiger charge is -2.35. The lowest BCUT2D eigenvalue weighted by molar-refractivity contribution is 0.185. The minimum Gasteiger partial charge on any atom is -0.496 e. The number of rotatable bonds is 8. The summed E-state index contributed by atoms with van der Waals surface area (Å²) in [5.41, 5.74) is 4.11. The van der Waals surface area contributed by atoms with Crippen molar-refractivity contribution in [2.75, 3.05) is 20.2 Å². The van der Waals surface area contributed by atoms with Crippen molar-refractivity contribution in [1.29, 1.82) is 0 Å². The van der Waals surface area contributed by atoms with Crippen LogP contribution in [0.15, 0.2) is 18.3 Å². The molecule has 126 valence electrons. The quantitative estimate of drug-likeness (QED) is 0.774. The molecule has 1 N–H and O–H groups in total. The molecule has 3 heteroatoms. The zero-order valence-corrected chi connectivity index (χ0v) is 14.8. The third-order valence-corrected chi connectivity index (χ3v) is 5.22. The van der Waals surface area contributed by atoms with E-state index in [-0.39, 0.29) is 0 Å². The first-order valence-corrected chi connectivity index (χ1v) is 9.18. The van der Waals surface area contributed by atoms with Gasteiger partial charge in [0, 0.05) is 28.7 Å². The van der Waals surface area contributed by atoms with E-state index in [1.165, 1.54) is 60.8 Å². The molecule has 1 aliphatic carbocycles. The number of methoxy groups -OCH3 is 1. The molecule has 3 nitrogen and oxygen atoms in total. The van der Waals surface area contributed by atoms with Crippen LogP contribution in [0.2, 0.25) is 0 Å². The average Bonchev–Trinajstić information content (AvgIpc) is 3.00. The number of hydrogen-bond donors (Lipinski definition) is 1. The zero-order valence-electron chi connectivity index (χ0n) is 14.8. The second-order valence-corrected chi connectivity index (χ2v) is 6.79. The molecule has 0 saturated heterocycles. The van der Waals surface area contributed by atoms with Gasteiger partial charge in [0.1, 0.15) is 5.75 Å². The van der Waals surface area contributed by atoms with Crippen molar-refractivity contribution >= 4 is 10.9 Å². The molecule has 3 rings (SSSR count). The Hall–Kier alpha value is -1.48. The first-order valence-electron chi connectivity index (χ1n) is 9.18. The second-order valence-electron chi connectivity index (χ2n) is 6.79. The van der Waals surface area contributed by atoms with Crippen molar-refractivity contribution in [2.24, 2.45) is 0 Å². The Bertz CT molecular complexity index is 638. The number of aromatic amines is 1. The summed E-state index contributed by atoms with van der Waals surface area (Å²) in [6.07, 6.45) is 9.60. The molecular formula is C20H30N2O. The molecule has 0 fully saturated rings. The smallest absolute Gasteiger partial charge is 0.122 e. The van der Waals surface area contributed by atoms with Gasteiger partial charge in [0.2, 0.25) is 0 Å². The maximum atomic E-state index is 5.66.